The van der Waals surface area contributed by atoms with Gasteiger partial charge in [0.05, 0.1) is 12.3 Å². The van der Waals surface area contributed by atoms with E-state index in [1.807, 2.05) is 0 Å². The summed E-state index contributed by atoms with van der Waals surface area (Å²) in [5, 5.41) is 3.42. The van der Waals surface area contributed by atoms with Gasteiger partial charge in [-0.15, -0.1) is 0 Å². The molecule has 0 amide bonds. The second kappa shape index (κ2) is 9.70. The second-order valence-electron chi connectivity index (χ2n) is 7.08. The number of aliphatic imine (C=N–C) groups is 1. The summed E-state index contributed by atoms with van der Waals surface area (Å²) in [5.41, 5.74) is 8.57. The first kappa shape index (κ1) is 19.6. The minimum absolute atomic E-state index is 0.808. The Labute approximate surface area is 168 Å². The topological polar surface area (TPSA) is 24.4 Å². The smallest absolute Gasteiger partial charge is 0.0668 e. The van der Waals surface area contributed by atoms with Crippen molar-refractivity contribution in [2.24, 2.45) is 4.99 Å². The Bertz CT molecular complexity index is 945. The quantitative estimate of drug-likeness (QED) is 0.570. The number of hydrogen-bond donors (Lipinski definition) is 1. The van der Waals surface area contributed by atoms with Gasteiger partial charge in [0.25, 0.3) is 0 Å². The zero-order chi connectivity index (χ0) is 19.8. The third-order valence-corrected chi connectivity index (χ3v) is 4.74. The Morgan fingerprint density at radius 1 is 0.750 bits per heavy atom. The van der Waals surface area contributed by atoms with Gasteiger partial charge in [-0.3, -0.25) is 4.99 Å². The second-order valence-corrected chi connectivity index (χ2v) is 7.08. The van der Waals surface area contributed by atoms with E-state index < -0.39 is 0 Å². The van der Waals surface area contributed by atoms with E-state index in [9.17, 15) is 0 Å². The van der Waals surface area contributed by atoms with Crippen LogP contribution in [-0.4, -0.2) is 18.8 Å². The van der Waals surface area contributed by atoms with Crippen molar-refractivity contribution in [1.29, 1.82) is 0 Å². The largest absolute Gasteiger partial charge is 0.383 e. The Kier molecular flexibility index (Phi) is 6.80. The molecule has 3 aromatic rings. The molecule has 0 aliphatic carbocycles. The summed E-state index contributed by atoms with van der Waals surface area (Å²) >= 11 is 0. The normalized spacial score (nSPS) is 12.9. The standard InChI is InChI=1S/C18H18N2.C8H10/c1-14-6-2-3-7-15(14)10-11-18-16-8-4-5-9-17(16)19-12-13-20-18;1-7-3-5-8(2)6-4-7/h2-11,19H,12-13H2,1H3;3-6H,1-2H3/b11-10+;. The van der Waals surface area contributed by atoms with E-state index in [2.05, 4.69) is 116 Å². The number of rotatable bonds is 2. The molecule has 3 aromatic carbocycles. The van der Waals surface area contributed by atoms with Gasteiger partial charge in [0.15, 0.2) is 0 Å². The van der Waals surface area contributed by atoms with Crippen molar-refractivity contribution < 1.29 is 0 Å². The van der Waals surface area contributed by atoms with Gasteiger partial charge in [0.2, 0.25) is 0 Å². The van der Waals surface area contributed by atoms with Crippen molar-refractivity contribution >= 4 is 17.5 Å². The number of nitrogens with zero attached hydrogens (tertiary/aromatic N) is 1. The van der Waals surface area contributed by atoms with Crippen LogP contribution in [0.3, 0.4) is 0 Å². The first-order chi connectivity index (χ1) is 13.6. The predicted molar refractivity (Wildman–Crippen MR) is 122 cm³/mol. The summed E-state index contributed by atoms with van der Waals surface area (Å²) in [6, 6.07) is 25.2. The van der Waals surface area contributed by atoms with Gasteiger partial charge in [-0.05, 0) is 44.0 Å². The van der Waals surface area contributed by atoms with Crippen LogP contribution in [0.15, 0.2) is 83.9 Å². The van der Waals surface area contributed by atoms with Crippen molar-refractivity contribution in [1.82, 2.24) is 0 Å². The lowest BCUT2D eigenvalue weighted by Gasteiger charge is -2.07. The highest BCUT2D eigenvalue weighted by Crippen LogP contribution is 2.19. The van der Waals surface area contributed by atoms with Crippen molar-refractivity contribution in [2.75, 3.05) is 18.4 Å². The lowest BCUT2D eigenvalue weighted by molar-refractivity contribution is 1.04. The molecule has 0 saturated carbocycles. The van der Waals surface area contributed by atoms with E-state index in [1.165, 1.54) is 27.8 Å². The zero-order valence-corrected chi connectivity index (χ0v) is 16.9. The molecule has 0 bridgehead atoms. The summed E-state index contributed by atoms with van der Waals surface area (Å²) in [4.78, 5) is 4.68. The predicted octanol–water partition coefficient (Wildman–Crippen LogP) is 6.23. The van der Waals surface area contributed by atoms with Gasteiger partial charge in [-0.25, -0.2) is 0 Å². The number of para-hydroxylation sites is 1. The molecule has 0 radical (unpaired) electrons. The molecule has 28 heavy (non-hydrogen) atoms. The highest BCUT2D eigenvalue weighted by molar-refractivity contribution is 6.14. The number of anilines is 1. The van der Waals surface area contributed by atoms with E-state index >= 15 is 0 Å². The molecule has 0 fully saturated rings. The maximum atomic E-state index is 4.68. The van der Waals surface area contributed by atoms with E-state index in [0.29, 0.717) is 0 Å². The number of nitrogens with one attached hydrogen (secondary N) is 1. The van der Waals surface area contributed by atoms with E-state index in [4.69, 9.17) is 0 Å². The minimum atomic E-state index is 0.808. The Morgan fingerprint density at radius 2 is 1.39 bits per heavy atom. The van der Waals surface area contributed by atoms with Gasteiger partial charge in [0, 0.05) is 17.8 Å². The van der Waals surface area contributed by atoms with Gasteiger partial charge in [0.1, 0.15) is 0 Å². The first-order valence-electron chi connectivity index (χ1n) is 9.78. The summed E-state index contributed by atoms with van der Waals surface area (Å²) in [5.74, 6) is 0. The van der Waals surface area contributed by atoms with Crippen LogP contribution >= 0.6 is 0 Å². The monoisotopic (exact) mass is 368 g/mol. The zero-order valence-electron chi connectivity index (χ0n) is 16.9. The average Bonchev–Trinajstić information content (AvgIpc) is 2.92. The Balaban J connectivity index is 0.000000236. The van der Waals surface area contributed by atoms with Crippen molar-refractivity contribution in [3.8, 4) is 0 Å². The van der Waals surface area contributed by atoms with Crippen LogP contribution in [0.4, 0.5) is 5.69 Å². The molecule has 1 aliphatic heterocycles. The molecule has 4 rings (SSSR count). The van der Waals surface area contributed by atoms with Gasteiger partial charge in [-0.1, -0.05) is 83.9 Å². The fourth-order valence-corrected chi connectivity index (χ4v) is 3.03. The van der Waals surface area contributed by atoms with Crippen LogP contribution < -0.4 is 5.32 Å². The molecular formula is C26H28N2. The molecular weight excluding hydrogens is 340 g/mol. The Hall–Kier alpha value is -3.13. The van der Waals surface area contributed by atoms with E-state index in [1.54, 1.807) is 0 Å². The maximum Gasteiger partial charge on any atom is 0.0668 e. The highest BCUT2D eigenvalue weighted by atomic mass is 14.9. The van der Waals surface area contributed by atoms with Crippen LogP contribution in [0.25, 0.3) is 6.08 Å². The summed E-state index contributed by atoms with van der Waals surface area (Å²) in [6.45, 7) is 8.02. The molecule has 0 unspecified atom stereocenters. The van der Waals surface area contributed by atoms with Crippen LogP contribution in [0.5, 0.6) is 0 Å². The molecule has 1 heterocycles. The fourth-order valence-electron chi connectivity index (χ4n) is 3.03. The van der Waals surface area contributed by atoms with Crippen molar-refractivity contribution in [3.63, 3.8) is 0 Å². The lowest BCUT2D eigenvalue weighted by Crippen LogP contribution is -2.03. The maximum absolute atomic E-state index is 4.68. The third kappa shape index (κ3) is 5.43. The van der Waals surface area contributed by atoms with Crippen LogP contribution in [0, 0.1) is 20.8 Å². The van der Waals surface area contributed by atoms with Crippen LogP contribution in [-0.2, 0) is 0 Å². The third-order valence-electron chi connectivity index (χ3n) is 4.74. The summed E-state index contributed by atoms with van der Waals surface area (Å²) < 4.78 is 0. The number of hydrogen-bond acceptors (Lipinski definition) is 2. The minimum Gasteiger partial charge on any atom is -0.383 e. The van der Waals surface area contributed by atoms with Gasteiger partial charge in [-0.2, -0.15) is 0 Å². The lowest BCUT2D eigenvalue weighted by atomic mass is 10.0. The van der Waals surface area contributed by atoms with Gasteiger partial charge < -0.3 is 5.32 Å². The SMILES string of the molecule is Cc1ccc(C)cc1.Cc1ccccc1/C=C/C1=NCCNc2ccccc21. The molecule has 1 aliphatic rings. The van der Waals surface area contributed by atoms with Crippen LogP contribution in [0.2, 0.25) is 0 Å². The Morgan fingerprint density at radius 3 is 2.11 bits per heavy atom. The van der Waals surface area contributed by atoms with Gasteiger partial charge >= 0.3 is 0 Å². The molecule has 2 heteroatoms. The number of benzodiazepines with no additional fused rings is 1. The van der Waals surface area contributed by atoms with Crippen molar-refractivity contribution in [3.05, 3.63) is 107 Å². The molecule has 1 N–H and O–H groups in total. The molecule has 0 aromatic heterocycles. The molecule has 142 valence electrons. The number of allylic oxidation sites excluding steroid dienone is 1. The van der Waals surface area contributed by atoms with Crippen LogP contribution in [0.1, 0.15) is 27.8 Å². The average molecular weight is 369 g/mol. The number of fused-ring (bicyclic) bond motifs is 1. The molecule has 0 saturated heterocycles. The molecule has 0 spiro atoms. The fraction of sp³-hybridized carbons (Fsp3) is 0.192. The van der Waals surface area contributed by atoms with E-state index in [0.717, 1.165) is 24.5 Å². The van der Waals surface area contributed by atoms with E-state index in [-0.39, 0.29) is 0 Å². The summed E-state index contributed by atoms with van der Waals surface area (Å²) in [6.07, 6.45) is 4.27. The molecule has 0 atom stereocenters. The molecule has 2 nitrogen and oxygen atoms in total. The highest BCUT2D eigenvalue weighted by Gasteiger charge is 2.09. The first-order valence-corrected chi connectivity index (χ1v) is 9.78. The summed E-state index contributed by atoms with van der Waals surface area (Å²) in [7, 11) is 0. The van der Waals surface area contributed by atoms with Crippen molar-refractivity contribution in [2.45, 2.75) is 20.8 Å². The number of benzene rings is 3. The number of aryl methyl sites for hydroxylation is 3.